The largest absolute Gasteiger partial charge is 0.309 e. The van der Waals surface area contributed by atoms with Gasteiger partial charge in [-0.1, -0.05) is 0 Å². The van der Waals surface area contributed by atoms with Crippen LogP contribution in [0.15, 0.2) is 27.1 Å². The lowest BCUT2D eigenvalue weighted by atomic mass is 10.2. The summed E-state index contributed by atoms with van der Waals surface area (Å²) in [5.74, 6) is 0. The molecule has 1 aliphatic rings. The molecule has 21 heavy (non-hydrogen) atoms. The van der Waals surface area contributed by atoms with E-state index in [1.807, 2.05) is 23.1 Å². The van der Waals surface area contributed by atoms with Crippen LogP contribution >= 0.6 is 22.7 Å². The third-order valence-corrected chi connectivity index (χ3v) is 6.98. The second-order valence-corrected chi connectivity index (χ2v) is 8.75. The van der Waals surface area contributed by atoms with Crippen molar-refractivity contribution in [3.8, 4) is 0 Å². The fourth-order valence-corrected chi connectivity index (χ4v) is 5.30. The summed E-state index contributed by atoms with van der Waals surface area (Å²) < 4.78 is 27.6. The summed E-state index contributed by atoms with van der Waals surface area (Å²) in [6.45, 7) is 2.98. The van der Waals surface area contributed by atoms with Crippen molar-refractivity contribution in [1.29, 1.82) is 0 Å². The molecule has 2 heterocycles. The highest BCUT2D eigenvalue weighted by atomic mass is 32.2. The van der Waals surface area contributed by atoms with Gasteiger partial charge in [0.2, 0.25) is 10.0 Å². The Hall–Kier alpha value is -0.730. The summed E-state index contributed by atoms with van der Waals surface area (Å²) in [4.78, 5) is 1.30. The van der Waals surface area contributed by atoms with Gasteiger partial charge in [0.05, 0.1) is 4.90 Å². The van der Waals surface area contributed by atoms with Gasteiger partial charge in [0.1, 0.15) is 0 Å². The molecule has 0 bridgehead atoms. The molecule has 0 saturated heterocycles. The third-order valence-electron chi connectivity index (χ3n) is 3.54. The SMILES string of the molecule is Cc1cscc1CNS(=O)(=O)c1ccsc1CNC1CC1. The van der Waals surface area contributed by atoms with Gasteiger partial charge in [-0.05, 0) is 53.1 Å². The number of thiophene rings is 2. The number of rotatable bonds is 7. The van der Waals surface area contributed by atoms with E-state index >= 15 is 0 Å². The molecule has 0 amide bonds. The zero-order valence-electron chi connectivity index (χ0n) is 11.8. The van der Waals surface area contributed by atoms with Gasteiger partial charge in [-0.2, -0.15) is 11.3 Å². The van der Waals surface area contributed by atoms with Crippen molar-refractivity contribution in [3.63, 3.8) is 0 Å². The second kappa shape index (κ2) is 6.18. The molecule has 1 saturated carbocycles. The molecule has 7 heteroatoms. The monoisotopic (exact) mass is 342 g/mol. The minimum absolute atomic E-state index is 0.350. The molecule has 2 aromatic rings. The molecule has 0 aromatic carbocycles. The van der Waals surface area contributed by atoms with Crippen molar-refractivity contribution in [2.24, 2.45) is 0 Å². The van der Waals surface area contributed by atoms with E-state index in [1.165, 1.54) is 24.2 Å². The molecule has 3 rings (SSSR count). The van der Waals surface area contributed by atoms with Crippen molar-refractivity contribution in [1.82, 2.24) is 10.0 Å². The smallest absolute Gasteiger partial charge is 0.242 e. The Labute approximate surface area is 133 Å². The Morgan fingerprint density at radius 1 is 1.29 bits per heavy atom. The molecule has 1 fully saturated rings. The van der Waals surface area contributed by atoms with E-state index in [1.54, 1.807) is 17.4 Å². The second-order valence-electron chi connectivity index (χ2n) is 5.27. The van der Waals surface area contributed by atoms with Gasteiger partial charge < -0.3 is 5.32 Å². The first-order valence-electron chi connectivity index (χ1n) is 6.87. The molecule has 0 radical (unpaired) electrons. The van der Waals surface area contributed by atoms with Crippen molar-refractivity contribution in [2.45, 2.75) is 43.8 Å². The van der Waals surface area contributed by atoms with Crippen LogP contribution in [0.25, 0.3) is 0 Å². The standard InChI is InChI=1S/C14H18N2O2S3/c1-10-8-19-9-11(10)6-16-21(17,18)14-4-5-20-13(14)7-15-12-2-3-12/h4-5,8-9,12,15-16H,2-3,6-7H2,1H3. The first-order chi connectivity index (χ1) is 10.1. The predicted octanol–water partition coefficient (Wildman–Crippen LogP) is 2.85. The van der Waals surface area contributed by atoms with E-state index in [9.17, 15) is 8.42 Å². The first kappa shape index (κ1) is 15.2. The highest BCUT2D eigenvalue weighted by Crippen LogP contribution is 2.25. The van der Waals surface area contributed by atoms with Crippen molar-refractivity contribution >= 4 is 32.7 Å². The molecule has 4 nitrogen and oxygen atoms in total. The Balaban J connectivity index is 1.69. The zero-order valence-corrected chi connectivity index (χ0v) is 14.2. The van der Waals surface area contributed by atoms with Gasteiger partial charge >= 0.3 is 0 Å². The summed E-state index contributed by atoms with van der Waals surface area (Å²) in [6.07, 6.45) is 2.40. The van der Waals surface area contributed by atoms with Crippen molar-refractivity contribution < 1.29 is 8.42 Å². The number of hydrogen-bond acceptors (Lipinski definition) is 5. The van der Waals surface area contributed by atoms with Crippen LogP contribution in [0.5, 0.6) is 0 Å². The molecule has 0 atom stereocenters. The molecule has 114 valence electrons. The summed E-state index contributed by atoms with van der Waals surface area (Å²) >= 11 is 3.09. The molecule has 1 aliphatic carbocycles. The summed E-state index contributed by atoms with van der Waals surface area (Å²) in [7, 11) is -3.44. The van der Waals surface area contributed by atoms with E-state index in [0.717, 1.165) is 16.0 Å². The van der Waals surface area contributed by atoms with Crippen LogP contribution in [0.2, 0.25) is 0 Å². The van der Waals surface area contributed by atoms with Crippen molar-refractivity contribution in [2.75, 3.05) is 0 Å². The molecular weight excluding hydrogens is 324 g/mol. The number of sulfonamides is 1. The Bertz CT molecular complexity index is 714. The van der Waals surface area contributed by atoms with Gasteiger partial charge in [0.25, 0.3) is 0 Å². The average molecular weight is 343 g/mol. The lowest BCUT2D eigenvalue weighted by Crippen LogP contribution is -2.25. The summed E-state index contributed by atoms with van der Waals surface area (Å²) in [6, 6.07) is 2.27. The van der Waals surface area contributed by atoms with Gasteiger partial charge in [-0.25, -0.2) is 13.1 Å². The summed E-state index contributed by atoms with van der Waals surface area (Å²) in [5, 5.41) is 9.23. The number of hydrogen-bond donors (Lipinski definition) is 2. The van der Waals surface area contributed by atoms with Crippen LogP contribution in [0.1, 0.15) is 28.8 Å². The van der Waals surface area contributed by atoms with Crippen LogP contribution in [0, 0.1) is 6.92 Å². The van der Waals surface area contributed by atoms with E-state index in [-0.39, 0.29) is 0 Å². The highest BCUT2D eigenvalue weighted by molar-refractivity contribution is 7.89. The number of nitrogens with one attached hydrogen (secondary N) is 2. The Morgan fingerprint density at radius 3 is 2.76 bits per heavy atom. The highest BCUT2D eigenvalue weighted by Gasteiger charge is 2.23. The molecular formula is C14H18N2O2S3. The molecule has 0 unspecified atom stereocenters. The maximum atomic E-state index is 12.5. The Morgan fingerprint density at radius 2 is 2.10 bits per heavy atom. The van der Waals surface area contributed by atoms with Crippen LogP contribution < -0.4 is 10.0 Å². The fraction of sp³-hybridized carbons (Fsp3) is 0.429. The van der Waals surface area contributed by atoms with E-state index in [2.05, 4.69) is 10.0 Å². The minimum atomic E-state index is -3.44. The Kier molecular flexibility index (Phi) is 4.46. The fourth-order valence-electron chi connectivity index (χ4n) is 2.04. The van der Waals surface area contributed by atoms with Gasteiger partial charge in [0.15, 0.2) is 0 Å². The number of aryl methyl sites for hydroxylation is 1. The van der Waals surface area contributed by atoms with Gasteiger partial charge in [-0.3, -0.25) is 0 Å². The first-order valence-corrected chi connectivity index (χ1v) is 10.2. The lowest BCUT2D eigenvalue weighted by molar-refractivity contribution is 0.579. The maximum Gasteiger partial charge on any atom is 0.242 e. The van der Waals surface area contributed by atoms with Crippen LogP contribution in [0.3, 0.4) is 0 Å². The molecule has 2 N–H and O–H groups in total. The van der Waals surface area contributed by atoms with Crippen LogP contribution in [-0.2, 0) is 23.1 Å². The quantitative estimate of drug-likeness (QED) is 0.813. The topological polar surface area (TPSA) is 58.2 Å². The third kappa shape index (κ3) is 3.73. The predicted molar refractivity (Wildman–Crippen MR) is 87.3 cm³/mol. The lowest BCUT2D eigenvalue weighted by Gasteiger charge is -2.08. The zero-order chi connectivity index (χ0) is 14.9. The maximum absolute atomic E-state index is 12.5. The minimum Gasteiger partial charge on any atom is -0.309 e. The van der Waals surface area contributed by atoms with Crippen molar-refractivity contribution in [3.05, 3.63) is 38.2 Å². The normalized spacial score (nSPS) is 15.5. The summed E-state index contributed by atoms with van der Waals surface area (Å²) in [5.41, 5.74) is 2.17. The van der Waals surface area contributed by atoms with E-state index in [0.29, 0.717) is 24.0 Å². The van der Waals surface area contributed by atoms with E-state index in [4.69, 9.17) is 0 Å². The average Bonchev–Trinajstić information content (AvgIpc) is 2.98. The molecule has 0 spiro atoms. The molecule has 0 aliphatic heterocycles. The van der Waals surface area contributed by atoms with E-state index < -0.39 is 10.0 Å². The molecule has 2 aromatic heterocycles. The van der Waals surface area contributed by atoms with Crippen LogP contribution in [0.4, 0.5) is 0 Å². The van der Waals surface area contributed by atoms with Gasteiger partial charge in [0, 0.05) is 24.0 Å². The van der Waals surface area contributed by atoms with Crippen LogP contribution in [-0.4, -0.2) is 14.5 Å². The van der Waals surface area contributed by atoms with Gasteiger partial charge in [-0.15, -0.1) is 11.3 Å².